The zero-order valence-electron chi connectivity index (χ0n) is 17.6. The lowest BCUT2D eigenvalue weighted by atomic mass is 10.1. The van der Waals surface area contributed by atoms with Crippen LogP contribution in [0.25, 0.3) is 6.08 Å². The molecule has 0 fully saturated rings. The molecule has 3 rings (SSSR count). The molecule has 3 aromatic rings. The summed E-state index contributed by atoms with van der Waals surface area (Å²) in [5, 5.41) is 3.27. The van der Waals surface area contributed by atoms with Gasteiger partial charge in [0.1, 0.15) is 12.4 Å². The van der Waals surface area contributed by atoms with Crippen LogP contribution in [-0.4, -0.2) is 20.1 Å². The molecule has 0 saturated carbocycles. The van der Waals surface area contributed by atoms with Gasteiger partial charge in [0.15, 0.2) is 11.5 Å². The van der Waals surface area contributed by atoms with Gasteiger partial charge in [0.25, 0.3) is 0 Å². The number of carbonyl (C=O) groups is 1. The average Bonchev–Trinajstić information content (AvgIpc) is 2.77. The molecule has 0 aromatic heterocycles. The Balaban J connectivity index is 1.68. The predicted molar refractivity (Wildman–Crippen MR) is 124 cm³/mol. The maximum Gasteiger partial charge on any atom is 0.248 e. The fourth-order valence-corrected chi connectivity index (χ4v) is 3.13. The number of aryl methyl sites for hydroxylation is 1. The number of hydrogen-bond acceptors (Lipinski definition) is 4. The van der Waals surface area contributed by atoms with E-state index in [-0.39, 0.29) is 5.91 Å². The Hall–Kier alpha value is -3.44. The summed E-state index contributed by atoms with van der Waals surface area (Å²) in [4.78, 5) is 12.3. The summed E-state index contributed by atoms with van der Waals surface area (Å²) in [6, 6.07) is 18.6. The number of nitrogens with one attached hydrogen (secondary N) is 1. The first-order valence-electron chi connectivity index (χ1n) is 9.68. The van der Waals surface area contributed by atoms with Gasteiger partial charge in [-0.3, -0.25) is 4.79 Å². The number of amides is 1. The summed E-state index contributed by atoms with van der Waals surface area (Å²) in [6.45, 7) is 2.50. The van der Waals surface area contributed by atoms with E-state index in [4.69, 9.17) is 25.8 Å². The molecule has 160 valence electrons. The van der Waals surface area contributed by atoms with Crippen LogP contribution < -0.4 is 19.5 Å². The smallest absolute Gasteiger partial charge is 0.248 e. The van der Waals surface area contributed by atoms with E-state index >= 15 is 0 Å². The van der Waals surface area contributed by atoms with E-state index in [0.29, 0.717) is 34.6 Å². The number of methoxy groups -OCH3 is 2. The third kappa shape index (κ3) is 6.03. The van der Waals surface area contributed by atoms with Crippen LogP contribution in [0.5, 0.6) is 17.2 Å². The molecule has 0 spiro atoms. The van der Waals surface area contributed by atoms with E-state index in [0.717, 1.165) is 11.1 Å². The van der Waals surface area contributed by atoms with Gasteiger partial charge in [-0.2, -0.15) is 0 Å². The first-order valence-corrected chi connectivity index (χ1v) is 10.1. The minimum absolute atomic E-state index is 0.306. The summed E-state index contributed by atoms with van der Waals surface area (Å²) in [6.07, 6.45) is 3.13. The molecule has 0 radical (unpaired) electrons. The minimum Gasteiger partial charge on any atom is -0.495 e. The molecule has 6 heteroatoms. The van der Waals surface area contributed by atoms with Crippen molar-refractivity contribution < 1.29 is 19.0 Å². The first kappa shape index (κ1) is 22.2. The van der Waals surface area contributed by atoms with Crippen molar-refractivity contribution in [1.82, 2.24) is 0 Å². The number of carbonyl (C=O) groups excluding carboxylic acids is 1. The lowest BCUT2D eigenvalue weighted by Crippen LogP contribution is -2.08. The van der Waals surface area contributed by atoms with Crippen LogP contribution in [0, 0.1) is 6.92 Å². The highest BCUT2D eigenvalue weighted by Crippen LogP contribution is 2.30. The molecule has 31 heavy (non-hydrogen) atoms. The SMILES string of the molecule is COc1ccc(Cl)cc1NC(=O)C=Cc1ccc(OCc2ccccc2C)c(OC)c1. The number of benzene rings is 3. The maximum atomic E-state index is 12.3. The molecule has 3 aromatic carbocycles. The summed E-state index contributed by atoms with van der Waals surface area (Å²) in [7, 11) is 3.12. The second-order valence-corrected chi connectivity index (χ2v) is 7.23. The number of hydrogen-bond donors (Lipinski definition) is 1. The number of anilines is 1. The molecule has 5 nitrogen and oxygen atoms in total. The van der Waals surface area contributed by atoms with Crippen LogP contribution in [0.3, 0.4) is 0 Å². The average molecular weight is 438 g/mol. The highest BCUT2D eigenvalue weighted by atomic mass is 35.5. The molecule has 1 N–H and O–H groups in total. The lowest BCUT2D eigenvalue weighted by Gasteiger charge is -2.12. The summed E-state index contributed by atoms with van der Waals surface area (Å²) in [5.74, 6) is 1.45. The number of rotatable bonds is 8. The van der Waals surface area contributed by atoms with Crippen LogP contribution in [0.15, 0.2) is 66.7 Å². The van der Waals surface area contributed by atoms with Gasteiger partial charge < -0.3 is 19.5 Å². The number of halogens is 1. The van der Waals surface area contributed by atoms with Gasteiger partial charge in [-0.1, -0.05) is 41.9 Å². The minimum atomic E-state index is -0.306. The van der Waals surface area contributed by atoms with Crippen LogP contribution in [0.2, 0.25) is 5.02 Å². The van der Waals surface area contributed by atoms with Crippen LogP contribution in [0.4, 0.5) is 5.69 Å². The molecular weight excluding hydrogens is 414 g/mol. The molecule has 1 amide bonds. The molecule has 0 atom stereocenters. The van der Waals surface area contributed by atoms with Gasteiger partial charge >= 0.3 is 0 Å². The molecule has 0 aliphatic heterocycles. The van der Waals surface area contributed by atoms with E-state index in [1.54, 1.807) is 31.4 Å². The van der Waals surface area contributed by atoms with E-state index in [1.165, 1.54) is 18.7 Å². The Kier molecular flexibility index (Phi) is 7.57. The van der Waals surface area contributed by atoms with Crippen molar-refractivity contribution >= 4 is 29.3 Å². The first-order chi connectivity index (χ1) is 15.0. The summed E-state index contributed by atoms with van der Waals surface area (Å²) >= 11 is 6.00. The molecule has 0 aliphatic carbocycles. The highest BCUT2D eigenvalue weighted by Gasteiger charge is 2.08. The van der Waals surface area contributed by atoms with E-state index in [9.17, 15) is 4.79 Å². The Morgan fingerprint density at radius 1 is 0.968 bits per heavy atom. The normalized spacial score (nSPS) is 10.7. The second-order valence-electron chi connectivity index (χ2n) is 6.79. The van der Waals surface area contributed by atoms with Crippen molar-refractivity contribution in [3.63, 3.8) is 0 Å². The number of ether oxygens (including phenoxy) is 3. The highest BCUT2D eigenvalue weighted by molar-refractivity contribution is 6.31. The lowest BCUT2D eigenvalue weighted by molar-refractivity contribution is -0.111. The second kappa shape index (κ2) is 10.5. The van der Waals surface area contributed by atoms with Crippen LogP contribution in [0.1, 0.15) is 16.7 Å². The third-order valence-electron chi connectivity index (χ3n) is 4.68. The molecule has 0 aliphatic rings. The van der Waals surface area contributed by atoms with Crippen molar-refractivity contribution in [3.05, 3.63) is 88.5 Å². The van der Waals surface area contributed by atoms with Gasteiger partial charge in [0.2, 0.25) is 5.91 Å². The fourth-order valence-electron chi connectivity index (χ4n) is 2.96. The molecule has 0 unspecified atom stereocenters. The Bertz CT molecular complexity index is 1090. The predicted octanol–water partition coefficient (Wildman–Crippen LogP) is 5.90. The van der Waals surface area contributed by atoms with Gasteiger partial charge in [-0.05, 0) is 60.0 Å². The Labute approximate surface area is 187 Å². The van der Waals surface area contributed by atoms with E-state index < -0.39 is 0 Å². The van der Waals surface area contributed by atoms with Crippen molar-refractivity contribution in [1.29, 1.82) is 0 Å². The van der Waals surface area contributed by atoms with Crippen molar-refractivity contribution in [2.45, 2.75) is 13.5 Å². The quantitative estimate of drug-likeness (QED) is 0.446. The van der Waals surface area contributed by atoms with Gasteiger partial charge in [0.05, 0.1) is 19.9 Å². The van der Waals surface area contributed by atoms with Crippen molar-refractivity contribution in [3.8, 4) is 17.2 Å². The fraction of sp³-hybridized carbons (Fsp3) is 0.160. The van der Waals surface area contributed by atoms with Gasteiger partial charge in [0, 0.05) is 11.1 Å². The molecular formula is C25H24ClNO4. The largest absolute Gasteiger partial charge is 0.495 e. The molecule has 0 heterocycles. The molecule has 0 bridgehead atoms. The van der Waals surface area contributed by atoms with Gasteiger partial charge in [-0.15, -0.1) is 0 Å². The topological polar surface area (TPSA) is 56.8 Å². The van der Waals surface area contributed by atoms with Crippen molar-refractivity contribution in [2.75, 3.05) is 19.5 Å². The molecule has 0 saturated heterocycles. The Morgan fingerprint density at radius 2 is 1.71 bits per heavy atom. The van der Waals surface area contributed by atoms with Crippen LogP contribution in [-0.2, 0) is 11.4 Å². The third-order valence-corrected chi connectivity index (χ3v) is 4.91. The van der Waals surface area contributed by atoms with Gasteiger partial charge in [-0.25, -0.2) is 0 Å². The van der Waals surface area contributed by atoms with E-state index in [1.807, 2.05) is 49.4 Å². The monoisotopic (exact) mass is 437 g/mol. The zero-order chi connectivity index (χ0) is 22.2. The van der Waals surface area contributed by atoms with Crippen molar-refractivity contribution in [2.24, 2.45) is 0 Å². The summed E-state index contributed by atoms with van der Waals surface area (Å²) < 4.78 is 16.6. The van der Waals surface area contributed by atoms with Crippen LogP contribution >= 0.6 is 11.6 Å². The zero-order valence-corrected chi connectivity index (χ0v) is 18.4. The Morgan fingerprint density at radius 3 is 2.45 bits per heavy atom. The maximum absolute atomic E-state index is 12.3. The standard InChI is InChI=1S/C25H24ClNO4/c1-17-6-4-5-7-19(17)16-31-23-11-8-18(14-24(23)30-3)9-13-25(28)27-21-15-20(26)10-12-22(21)29-2/h4-15H,16H2,1-3H3,(H,27,28). The summed E-state index contributed by atoms with van der Waals surface area (Å²) in [5.41, 5.74) is 3.58. The van der Waals surface area contributed by atoms with E-state index in [2.05, 4.69) is 5.32 Å².